The minimum absolute atomic E-state index is 0.0321. The molecule has 0 saturated heterocycles. The summed E-state index contributed by atoms with van der Waals surface area (Å²) in [6.07, 6.45) is -1.97. The molecule has 0 spiro atoms. The summed E-state index contributed by atoms with van der Waals surface area (Å²) in [6.45, 7) is 1.31. The van der Waals surface area contributed by atoms with Gasteiger partial charge < -0.3 is 0 Å². The fraction of sp³-hybridized carbons (Fsp3) is 0.286. The lowest BCUT2D eigenvalue weighted by Gasteiger charge is -2.09. The second-order valence-corrected chi connectivity index (χ2v) is 5.57. The molecule has 0 amide bonds. The van der Waals surface area contributed by atoms with Gasteiger partial charge in [-0.15, -0.1) is 0 Å². The Balaban J connectivity index is 3.68. The largest absolute Gasteiger partial charge is 0.268 e. The lowest BCUT2D eigenvalue weighted by molar-refractivity contribution is 0.147. The van der Waals surface area contributed by atoms with Crippen LogP contribution in [0.3, 0.4) is 0 Å². The molecule has 8 heteroatoms. The van der Waals surface area contributed by atoms with Gasteiger partial charge in [-0.1, -0.05) is 11.6 Å². The third-order valence-corrected chi connectivity index (χ3v) is 3.45. The smallest absolute Gasteiger partial charge is 0.244 e. The quantitative estimate of drug-likeness (QED) is 0.616. The van der Waals surface area contributed by atoms with Crippen molar-refractivity contribution in [2.75, 3.05) is 0 Å². The Bertz CT molecular complexity index is 490. The fourth-order valence-corrected chi connectivity index (χ4v) is 2.88. The molecule has 1 aromatic heterocycles. The Morgan fingerprint density at radius 3 is 2.33 bits per heavy atom. The van der Waals surface area contributed by atoms with Crippen molar-refractivity contribution in [1.29, 1.82) is 0 Å². The average Bonchev–Trinajstić information content (AvgIpc) is 2.05. The first-order valence-electron chi connectivity index (χ1n) is 3.63. The van der Waals surface area contributed by atoms with Crippen LogP contribution in [0.15, 0.2) is 11.1 Å². The highest BCUT2D eigenvalue weighted by atomic mass is 35.7. The summed E-state index contributed by atoms with van der Waals surface area (Å²) in [5, 5.41) is -0.560. The molecule has 0 atom stereocenters. The molecule has 0 aliphatic rings. The number of pyridine rings is 1. The molecule has 0 N–H and O–H groups in total. The van der Waals surface area contributed by atoms with Gasteiger partial charge in [0.25, 0.3) is 15.5 Å². The molecule has 1 aromatic rings. The van der Waals surface area contributed by atoms with Crippen LogP contribution in [0.4, 0.5) is 8.78 Å². The van der Waals surface area contributed by atoms with E-state index in [9.17, 15) is 17.2 Å². The van der Waals surface area contributed by atoms with Gasteiger partial charge in [0.1, 0.15) is 5.15 Å². The Kier molecular flexibility index (Phi) is 3.52. The fourth-order valence-electron chi connectivity index (χ4n) is 1.10. The highest BCUT2D eigenvalue weighted by Gasteiger charge is 2.27. The van der Waals surface area contributed by atoms with Crippen LogP contribution in [0, 0.1) is 6.92 Å². The van der Waals surface area contributed by atoms with Crippen LogP contribution >= 0.6 is 22.3 Å². The number of nitrogens with zero attached hydrogens (tertiary/aromatic N) is 1. The Labute approximate surface area is 94.4 Å². The topological polar surface area (TPSA) is 47.0 Å². The van der Waals surface area contributed by atoms with Crippen LogP contribution in [0.5, 0.6) is 0 Å². The first kappa shape index (κ1) is 12.6. The molecular weight excluding hydrogens is 271 g/mol. The second-order valence-electron chi connectivity index (χ2n) is 2.71. The van der Waals surface area contributed by atoms with Crippen LogP contribution in [0.2, 0.25) is 5.15 Å². The zero-order valence-corrected chi connectivity index (χ0v) is 9.67. The molecular formula is C7H5Cl2F2NO2S. The van der Waals surface area contributed by atoms with Crippen molar-refractivity contribution in [2.45, 2.75) is 18.2 Å². The maximum atomic E-state index is 12.6. The summed E-state index contributed by atoms with van der Waals surface area (Å²) < 4.78 is 47.3. The third kappa shape index (κ3) is 2.56. The predicted molar refractivity (Wildman–Crippen MR) is 52.0 cm³/mol. The summed E-state index contributed by atoms with van der Waals surface area (Å²) in [4.78, 5) is 2.77. The zero-order chi connectivity index (χ0) is 11.8. The van der Waals surface area contributed by atoms with E-state index in [0.29, 0.717) is 0 Å². The third-order valence-electron chi connectivity index (χ3n) is 1.66. The molecule has 0 bridgehead atoms. The maximum Gasteiger partial charge on any atom is 0.268 e. The molecule has 1 heterocycles. The van der Waals surface area contributed by atoms with Crippen molar-refractivity contribution in [2.24, 2.45) is 0 Å². The molecule has 0 saturated carbocycles. The van der Waals surface area contributed by atoms with E-state index >= 15 is 0 Å². The van der Waals surface area contributed by atoms with E-state index in [2.05, 4.69) is 4.98 Å². The Hall–Kier alpha value is -0.460. The number of aryl methyl sites for hydroxylation is 1. The van der Waals surface area contributed by atoms with Gasteiger partial charge in [-0.3, -0.25) is 0 Å². The van der Waals surface area contributed by atoms with E-state index in [0.717, 1.165) is 6.20 Å². The van der Waals surface area contributed by atoms with Gasteiger partial charge in [-0.25, -0.2) is 22.2 Å². The minimum Gasteiger partial charge on any atom is -0.244 e. The van der Waals surface area contributed by atoms with Gasteiger partial charge >= 0.3 is 0 Å². The van der Waals surface area contributed by atoms with Crippen LogP contribution in [-0.4, -0.2) is 13.4 Å². The Morgan fingerprint density at radius 1 is 1.47 bits per heavy atom. The lowest BCUT2D eigenvalue weighted by Crippen LogP contribution is -2.04. The van der Waals surface area contributed by atoms with Gasteiger partial charge in [0.2, 0.25) is 0 Å². The van der Waals surface area contributed by atoms with E-state index < -0.39 is 31.1 Å². The first-order valence-corrected chi connectivity index (χ1v) is 6.31. The number of aromatic nitrogens is 1. The highest BCUT2D eigenvalue weighted by Crippen LogP contribution is 2.35. The van der Waals surface area contributed by atoms with Crippen molar-refractivity contribution in [1.82, 2.24) is 4.98 Å². The highest BCUT2D eigenvalue weighted by molar-refractivity contribution is 8.13. The SMILES string of the molecule is Cc1cnc(Cl)c(C(F)F)c1S(=O)(=O)Cl. The molecule has 0 aliphatic heterocycles. The monoisotopic (exact) mass is 275 g/mol. The van der Waals surface area contributed by atoms with Gasteiger partial charge in [-0.2, -0.15) is 0 Å². The summed E-state index contributed by atoms with van der Waals surface area (Å²) >= 11 is 5.39. The number of halogens is 4. The molecule has 84 valence electrons. The first-order chi connectivity index (χ1) is 6.75. The lowest BCUT2D eigenvalue weighted by atomic mass is 10.2. The maximum absolute atomic E-state index is 12.6. The number of hydrogen-bond acceptors (Lipinski definition) is 3. The van der Waals surface area contributed by atoms with Crippen molar-refractivity contribution in [3.8, 4) is 0 Å². The van der Waals surface area contributed by atoms with Crippen molar-refractivity contribution < 1.29 is 17.2 Å². The Morgan fingerprint density at radius 2 is 2.00 bits per heavy atom. The van der Waals surface area contributed by atoms with Crippen LogP contribution in [-0.2, 0) is 9.05 Å². The van der Waals surface area contributed by atoms with Gasteiger partial charge in [0, 0.05) is 16.9 Å². The summed E-state index contributed by atoms with van der Waals surface area (Å²) in [5.41, 5.74) is -0.823. The van der Waals surface area contributed by atoms with Gasteiger partial charge in [-0.05, 0) is 12.5 Å². The van der Waals surface area contributed by atoms with E-state index in [-0.39, 0.29) is 5.56 Å². The standard InChI is InChI=1S/C7H5Cl2F2NO2S/c1-3-2-12-6(8)4(7(10)11)5(3)15(9,13)14/h2,7H,1H3. The molecule has 15 heavy (non-hydrogen) atoms. The van der Waals surface area contributed by atoms with Crippen LogP contribution in [0.1, 0.15) is 17.6 Å². The number of alkyl halides is 2. The average molecular weight is 276 g/mol. The molecule has 0 fully saturated rings. The molecule has 1 rings (SSSR count). The number of hydrogen-bond donors (Lipinski definition) is 0. The second kappa shape index (κ2) is 4.19. The molecule has 0 aliphatic carbocycles. The molecule has 0 unspecified atom stereocenters. The molecule has 0 aromatic carbocycles. The van der Waals surface area contributed by atoms with E-state index in [1.165, 1.54) is 6.92 Å². The zero-order valence-electron chi connectivity index (χ0n) is 7.34. The van der Waals surface area contributed by atoms with Gasteiger partial charge in [0.05, 0.1) is 10.5 Å². The minimum atomic E-state index is -4.26. The summed E-state index contributed by atoms with van der Waals surface area (Å²) in [5.74, 6) is 0. The van der Waals surface area contributed by atoms with E-state index in [1.54, 1.807) is 0 Å². The predicted octanol–water partition coefficient (Wildman–Crippen LogP) is 2.91. The van der Waals surface area contributed by atoms with Crippen molar-refractivity contribution >= 4 is 31.3 Å². The summed E-state index contributed by atoms with van der Waals surface area (Å²) in [6, 6.07) is 0. The number of rotatable bonds is 2. The van der Waals surface area contributed by atoms with Crippen LogP contribution in [0.25, 0.3) is 0 Å². The van der Waals surface area contributed by atoms with Crippen molar-refractivity contribution in [3.05, 3.63) is 22.5 Å². The van der Waals surface area contributed by atoms with Gasteiger partial charge in [0.15, 0.2) is 0 Å². The van der Waals surface area contributed by atoms with E-state index in [1.807, 2.05) is 0 Å². The summed E-state index contributed by atoms with van der Waals surface area (Å²) in [7, 11) is 0.774. The van der Waals surface area contributed by atoms with Crippen LogP contribution < -0.4 is 0 Å². The molecule has 3 nitrogen and oxygen atoms in total. The molecule has 0 radical (unpaired) electrons. The van der Waals surface area contributed by atoms with E-state index in [4.69, 9.17) is 22.3 Å². The normalized spacial score (nSPS) is 12.1. The van der Waals surface area contributed by atoms with Crippen molar-refractivity contribution in [3.63, 3.8) is 0 Å².